The zero-order valence-electron chi connectivity index (χ0n) is 15.3. The van der Waals surface area contributed by atoms with Crippen LogP contribution in [0.4, 0.5) is 11.6 Å². The van der Waals surface area contributed by atoms with Crippen LogP contribution in [0.15, 0.2) is 33.9 Å². The number of carboxylic acids is 1. The van der Waals surface area contributed by atoms with E-state index in [1.54, 1.807) is 16.7 Å². The average Bonchev–Trinajstić information content (AvgIpc) is 3.02. The van der Waals surface area contributed by atoms with Crippen LogP contribution >= 0.6 is 11.6 Å². The van der Waals surface area contributed by atoms with Crippen LogP contribution in [-0.2, 0) is 24.9 Å². The quantitative estimate of drug-likeness (QED) is 0.614. The second-order valence-corrected chi connectivity index (χ2v) is 7.43. The molecule has 3 heterocycles. The van der Waals surface area contributed by atoms with E-state index in [1.807, 2.05) is 24.0 Å². The van der Waals surface area contributed by atoms with Crippen molar-refractivity contribution in [3.8, 4) is 0 Å². The molecule has 0 saturated carbocycles. The molecule has 4 rings (SSSR count). The molecule has 1 aliphatic rings. The Labute approximate surface area is 164 Å². The van der Waals surface area contributed by atoms with Gasteiger partial charge in [-0.15, -0.1) is 0 Å². The van der Waals surface area contributed by atoms with Gasteiger partial charge in [-0.2, -0.15) is 4.98 Å². The fourth-order valence-corrected chi connectivity index (χ4v) is 3.82. The Bertz CT molecular complexity index is 1230. The van der Waals surface area contributed by atoms with Gasteiger partial charge in [0.1, 0.15) is 0 Å². The molecule has 9 nitrogen and oxygen atoms in total. The third kappa shape index (κ3) is 2.78. The molecule has 0 aliphatic carbocycles. The van der Waals surface area contributed by atoms with Gasteiger partial charge in [0, 0.05) is 30.8 Å². The maximum atomic E-state index is 12.9. The summed E-state index contributed by atoms with van der Waals surface area (Å²) in [5, 5.41) is 11.6. The number of benzene rings is 1. The van der Waals surface area contributed by atoms with Crippen LogP contribution in [0.1, 0.15) is 6.92 Å². The number of carbonyl (C=O) groups excluding carboxylic acids is 1. The molecule has 146 valence electrons. The molecule has 1 atom stereocenters. The summed E-state index contributed by atoms with van der Waals surface area (Å²) in [4.78, 5) is 42.9. The third-order valence-corrected chi connectivity index (χ3v) is 5.08. The van der Waals surface area contributed by atoms with Crippen LogP contribution < -0.4 is 21.3 Å². The van der Waals surface area contributed by atoms with Gasteiger partial charge in [-0.1, -0.05) is 24.6 Å². The molecule has 0 unspecified atom stereocenters. The topological polar surface area (TPSA) is 105 Å². The number of anilines is 2. The number of fused-ring (bicyclic) bond motifs is 3. The molecule has 28 heavy (non-hydrogen) atoms. The number of halogens is 1. The van der Waals surface area contributed by atoms with E-state index in [1.165, 1.54) is 11.6 Å². The summed E-state index contributed by atoms with van der Waals surface area (Å²) < 4.78 is 3.58. The minimum absolute atomic E-state index is 0.176. The predicted octanol–water partition coefficient (Wildman–Crippen LogP) is 0.0878. The van der Waals surface area contributed by atoms with E-state index in [-0.39, 0.29) is 17.1 Å². The standard InChI is InChI=1S/C18H18ClN5O4/c1-10-7-22(12-5-3-4-11(19)6-12)17-20-15-14(23(17)8-10)16(27)24(9-13(25)26)18(28)21(15)2/h3-6,10H,7-9H2,1-2H3,(H,25,26)/p-1/t10-/m1/s1. The second-order valence-electron chi connectivity index (χ2n) is 7.00. The molecule has 0 amide bonds. The maximum absolute atomic E-state index is 12.9. The van der Waals surface area contributed by atoms with Crippen molar-refractivity contribution in [3.05, 3.63) is 50.1 Å². The highest BCUT2D eigenvalue weighted by Gasteiger charge is 2.29. The van der Waals surface area contributed by atoms with E-state index in [0.29, 0.717) is 28.6 Å². The number of hydrogen-bond donors (Lipinski definition) is 0. The van der Waals surface area contributed by atoms with E-state index < -0.39 is 23.8 Å². The van der Waals surface area contributed by atoms with Crippen molar-refractivity contribution in [1.29, 1.82) is 0 Å². The van der Waals surface area contributed by atoms with Crippen molar-refractivity contribution in [2.45, 2.75) is 20.0 Å². The summed E-state index contributed by atoms with van der Waals surface area (Å²) in [7, 11) is 1.46. The molecule has 0 N–H and O–H groups in total. The third-order valence-electron chi connectivity index (χ3n) is 4.85. The summed E-state index contributed by atoms with van der Waals surface area (Å²) in [5.41, 5.74) is -0.228. The number of aliphatic carboxylic acids is 1. The number of nitrogens with zero attached hydrogens (tertiary/aromatic N) is 5. The van der Waals surface area contributed by atoms with Crippen molar-refractivity contribution in [2.24, 2.45) is 13.0 Å². The van der Waals surface area contributed by atoms with Gasteiger partial charge in [0.2, 0.25) is 5.95 Å². The summed E-state index contributed by atoms with van der Waals surface area (Å²) in [6.45, 7) is 2.40. The lowest BCUT2D eigenvalue weighted by atomic mass is 10.1. The lowest BCUT2D eigenvalue weighted by Crippen LogP contribution is -2.44. The van der Waals surface area contributed by atoms with Gasteiger partial charge in [-0.3, -0.25) is 13.9 Å². The smallest absolute Gasteiger partial charge is 0.332 e. The number of rotatable bonds is 3. The fourth-order valence-electron chi connectivity index (χ4n) is 3.64. The van der Waals surface area contributed by atoms with Gasteiger partial charge in [0.25, 0.3) is 5.56 Å². The highest BCUT2D eigenvalue weighted by molar-refractivity contribution is 6.30. The summed E-state index contributed by atoms with van der Waals surface area (Å²) in [6.07, 6.45) is 0. The molecule has 0 radical (unpaired) electrons. The molecule has 0 fully saturated rings. The Morgan fingerprint density at radius 2 is 2.07 bits per heavy atom. The van der Waals surface area contributed by atoms with E-state index in [4.69, 9.17) is 11.6 Å². The monoisotopic (exact) mass is 402 g/mol. The molecule has 3 aromatic rings. The zero-order chi connectivity index (χ0) is 20.2. The Hall–Kier alpha value is -3.07. The molecule has 0 bridgehead atoms. The average molecular weight is 403 g/mol. The Kier molecular flexibility index (Phi) is 4.26. The highest BCUT2D eigenvalue weighted by atomic mass is 35.5. The predicted molar refractivity (Wildman–Crippen MR) is 102 cm³/mol. The van der Waals surface area contributed by atoms with Crippen LogP contribution in [0.3, 0.4) is 0 Å². The van der Waals surface area contributed by atoms with Crippen molar-refractivity contribution >= 4 is 40.4 Å². The van der Waals surface area contributed by atoms with Crippen molar-refractivity contribution in [2.75, 3.05) is 11.4 Å². The molecule has 2 aromatic heterocycles. The molecular weight excluding hydrogens is 386 g/mol. The van der Waals surface area contributed by atoms with Gasteiger partial charge in [-0.05, 0) is 24.1 Å². The number of aryl methyl sites for hydroxylation is 1. The molecule has 0 spiro atoms. The number of carboxylic acid groups (broad SMARTS) is 1. The van der Waals surface area contributed by atoms with Gasteiger partial charge in [0.05, 0.1) is 12.5 Å². The van der Waals surface area contributed by atoms with Crippen LogP contribution in [0.2, 0.25) is 5.02 Å². The van der Waals surface area contributed by atoms with Crippen LogP contribution in [0.5, 0.6) is 0 Å². The van der Waals surface area contributed by atoms with Gasteiger partial charge < -0.3 is 19.4 Å². The normalized spacial score (nSPS) is 16.4. The van der Waals surface area contributed by atoms with Crippen molar-refractivity contribution in [1.82, 2.24) is 18.7 Å². The van der Waals surface area contributed by atoms with Crippen LogP contribution in [0.25, 0.3) is 11.2 Å². The first-order chi connectivity index (χ1) is 13.3. The molecule has 1 aliphatic heterocycles. The fraction of sp³-hybridized carbons (Fsp3) is 0.333. The molecule has 1 aromatic carbocycles. The second kappa shape index (κ2) is 6.52. The van der Waals surface area contributed by atoms with Gasteiger partial charge in [-0.25, -0.2) is 4.79 Å². The first-order valence-electron chi connectivity index (χ1n) is 8.71. The van der Waals surface area contributed by atoms with Crippen LogP contribution in [-0.4, -0.2) is 31.2 Å². The van der Waals surface area contributed by atoms with E-state index >= 15 is 0 Å². The highest BCUT2D eigenvalue weighted by Crippen LogP contribution is 2.33. The number of aromatic nitrogens is 4. The number of carbonyl (C=O) groups is 1. The molecular formula is C18H17ClN5O4-. The Balaban J connectivity index is 2.02. The van der Waals surface area contributed by atoms with Gasteiger partial charge in [0.15, 0.2) is 11.2 Å². The molecule has 0 saturated heterocycles. The van der Waals surface area contributed by atoms with Crippen molar-refractivity contribution in [3.63, 3.8) is 0 Å². The zero-order valence-corrected chi connectivity index (χ0v) is 16.0. The van der Waals surface area contributed by atoms with Gasteiger partial charge >= 0.3 is 5.69 Å². The number of imidazole rings is 1. The van der Waals surface area contributed by atoms with Crippen LogP contribution in [0, 0.1) is 5.92 Å². The maximum Gasteiger partial charge on any atom is 0.332 e. The summed E-state index contributed by atoms with van der Waals surface area (Å²) in [5.74, 6) is -0.824. The SMILES string of the molecule is C[C@@H]1CN(c2cccc(Cl)c2)c2nc3c(c(=O)n(CC(=O)[O-])c(=O)n3C)n2C1. The largest absolute Gasteiger partial charge is 0.548 e. The Morgan fingerprint density at radius 1 is 1.32 bits per heavy atom. The van der Waals surface area contributed by atoms with E-state index in [2.05, 4.69) is 4.98 Å². The summed E-state index contributed by atoms with van der Waals surface area (Å²) in [6, 6.07) is 7.29. The lowest BCUT2D eigenvalue weighted by molar-refractivity contribution is -0.306. The van der Waals surface area contributed by atoms with Crippen molar-refractivity contribution < 1.29 is 9.90 Å². The first-order valence-corrected chi connectivity index (χ1v) is 9.08. The minimum atomic E-state index is -1.51. The number of hydrogen-bond acceptors (Lipinski definition) is 6. The van der Waals surface area contributed by atoms with E-state index in [0.717, 1.165) is 5.69 Å². The first kappa shape index (κ1) is 18.3. The minimum Gasteiger partial charge on any atom is -0.548 e. The van der Waals surface area contributed by atoms with E-state index in [9.17, 15) is 19.5 Å². The lowest BCUT2D eigenvalue weighted by Gasteiger charge is -2.33. The Morgan fingerprint density at radius 3 is 2.75 bits per heavy atom. The molecule has 10 heteroatoms. The summed E-state index contributed by atoms with van der Waals surface area (Å²) >= 11 is 6.13.